The molecule has 6 aliphatic rings. The number of carbonyl (C=O) groups excluding carboxylic acids is 3. The van der Waals surface area contributed by atoms with Crippen molar-refractivity contribution in [2.45, 2.75) is 153 Å². The molecular weight excluding hydrogens is 695 g/mol. The molecule has 1 aromatic heterocycles. The van der Waals surface area contributed by atoms with Crippen molar-refractivity contribution in [2.75, 3.05) is 6.54 Å². The van der Waals surface area contributed by atoms with Gasteiger partial charge in [0.2, 0.25) is 0 Å². The first-order chi connectivity index (χ1) is 25.5. The van der Waals surface area contributed by atoms with Crippen LogP contribution in [0.4, 0.5) is 0 Å². The Kier molecular flexibility index (Phi) is 9.55. The Labute approximate surface area is 328 Å². The number of allylic oxidation sites excluding steroid dienone is 1. The van der Waals surface area contributed by atoms with E-state index in [4.69, 9.17) is 9.15 Å². The van der Waals surface area contributed by atoms with Gasteiger partial charge in [0.1, 0.15) is 17.6 Å². The van der Waals surface area contributed by atoms with Crippen molar-refractivity contribution in [3.05, 3.63) is 34.3 Å². The molecule has 1 heterocycles. The molecule has 0 saturated heterocycles. The van der Waals surface area contributed by atoms with E-state index in [9.17, 15) is 29.4 Å². The molecule has 0 radical (unpaired) electrons. The Morgan fingerprint density at radius 1 is 0.891 bits per heavy atom. The number of ether oxygens (including phenoxy) is 1. The molecule has 5 saturated carbocycles. The summed E-state index contributed by atoms with van der Waals surface area (Å²) in [5.74, 6) is 0.133. The van der Waals surface area contributed by atoms with E-state index in [0.29, 0.717) is 48.2 Å². The number of aliphatic hydroxyl groups is 1. The molecule has 9 heteroatoms. The minimum absolute atomic E-state index is 0.00524. The highest BCUT2D eigenvalue weighted by molar-refractivity contribution is 6.01. The molecule has 55 heavy (non-hydrogen) atoms. The summed E-state index contributed by atoms with van der Waals surface area (Å²) in [7, 11) is 0. The lowest BCUT2D eigenvalue weighted by molar-refractivity contribution is -0.238. The zero-order chi connectivity index (χ0) is 40.4. The highest BCUT2D eigenvalue weighted by Crippen LogP contribution is 2.77. The van der Waals surface area contributed by atoms with E-state index in [1.165, 1.54) is 5.57 Å². The molecule has 0 aliphatic heterocycles. The van der Waals surface area contributed by atoms with Crippen LogP contribution >= 0.6 is 0 Å². The minimum atomic E-state index is -0.886. The highest BCUT2D eigenvalue weighted by atomic mass is 16.5. The Hall–Kier alpha value is -2.94. The first kappa shape index (κ1) is 40.3. The summed E-state index contributed by atoms with van der Waals surface area (Å²) in [6.07, 6.45) is 7.03. The molecule has 1 aromatic rings. The van der Waals surface area contributed by atoms with Crippen molar-refractivity contribution in [2.24, 2.45) is 68.0 Å². The van der Waals surface area contributed by atoms with Crippen LogP contribution in [0.1, 0.15) is 148 Å². The number of Topliss-reactive ketones (excluding diaryl/α,β-unsaturated/α-hetero) is 1. The van der Waals surface area contributed by atoms with Crippen LogP contribution in [0.25, 0.3) is 0 Å². The highest BCUT2D eigenvalue weighted by Gasteiger charge is 2.71. The molecule has 0 bridgehead atoms. The second-order valence-electron chi connectivity index (χ2n) is 21.2. The Morgan fingerprint density at radius 2 is 1.58 bits per heavy atom. The third-order valence-electron chi connectivity index (χ3n) is 17.9. The maximum absolute atomic E-state index is 14.1. The molecule has 7 rings (SSSR count). The zero-order valence-corrected chi connectivity index (χ0v) is 35.3. The van der Waals surface area contributed by atoms with Gasteiger partial charge in [-0.2, -0.15) is 0 Å². The molecule has 3 N–H and O–H groups in total. The van der Waals surface area contributed by atoms with Gasteiger partial charge >= 0.3 is 11.9 Å². The van der Waals surface area contributed by atoms with Crippen LogP contribution in [0.2, 0.25) is 0 Å². The zero-order valence-electron chi connectivity index (χ0n) is 35.3. The second kappa shape index (κ2) is 13.0. The van der Waals surface area contributed by atoms with E-state index in [0.717, 1.165) is 50.5 Å². The normalized spacial score (nSPS) is 40.6. The minimum Gasteiger partial charge on any atom is -0.481 e. The van der Waals surface area contributed by atoms with E-state index in [1.54, 1.807) is 13.0 Å². The van der Waals surface area contributed by atoms with Gasteiger partial charge in [0, 0.05) is 23.8 Å². The van der Waals surface area contributed by atoms with Crippen molar-refractivity contribution in [3.8, 4) is 0 Å². The van der Waals surface area contributed by atoms with E-state index < -0.39 is 34.7 Å². The SMILES string of the molecule is Cc1cc(C(=O)NC[C@H](O)[C@@]23CC[C@]4(C)[C@H](CC[C@@H]5[C@@]6(C)CC[C@H](OC(=O)[C@H]7C[C@@H](C(=O)O)C7(C)C)C(C)(C)[C@@H]6CC[C@]54C)C2=C(C(C)C)C(=O)C3)c(C)o1. The van der Waals surface area contributed by atoms with E-state index in [-0.39, 0.29) is 63.8 Å². The number of carboxylic acids is 1. The van der Waals surface area contributed by atoms with Gasteiger partial charge in [0.25, 0.3) is 5.91 Å². The number of hydrogen-bond donors (Lipinski definition) is 3. The number of aliphatic hydroxyl groups excluding tert-OH is 1. The summed E-state index contributed by atoms with van der Waals surface area (Å²) in [4.78, 5) is 52.7. The number of carbonyl (C=O) groups is 4. The maximum Gasteiger partial charge on any atom is 0.309 e. The standard InChI is InChI=1S/C46H67NO8/c1-24(2)36-31(48)22-46(34(49)23-47-38(50)27-20-25(3)54-26(27)4)19-18-44(10)28(37(36)46)12-13-33-43(9)16-15-35(42(7,8)32(43)14-17-45(33,44)11)55-40(53)30-21-29(39(51)52)41(30,5)6/h20,24,28-30,32-35,49H,12-19,21-23H2,1-11H3,(H,47,50)(H,51,52)/t28-,29+,30-,32+,33-,34+,35+,43+,44-,45-,46+/m1/s1. The number of hydrogen-bond acceptors (Lipinski definition) is 7. The smallest absolute Gasteiger partial charge is 0.309 e. The van der Waals surface area contributed by atoms with Gasteiger partial charge < -0.3 is 24.7 Å². The fourth-order valence-electron chi connectivity index (χ4n) is 14.6. The van der Waals surface area contributed by atoms with Crippen LogP contribution < -0.4 is 5.32 Å². The Morgan fingerprint density at radius 3 is 2.18 bits per heavy atom. The fraction of sp³-hybridized carbons (Fsp3) is 0.783. The molecule has 6 aliphatic carbocycles. The first-order valence-electron chi connectivity index (χ1n) is 21.2. The van der Waals surface area contributed by atoms with Crippen molar-refractivity contribution in [3.63, 3.8) is 0 Å². The van der Waals surface area contributed by atoms with Crippen molar-refractivity contribution < 1.29 is 38.5 Å². The number of amides is 1. The molecular formula is C46H67NO8. The van der Waals surface area contributed by atoms with Gasteiger partial charge in [-0.15, -0.1) is 0 Å². The summed E-state index contributed by atoms with van der Waals surface area (Å²) in [6, 6.07) is 1.73. The van der Waals surface area contributed by atoms with Crippen LogP contribution in [0.15, 0.2) is 21.6 Å². The van der Waals surface area contributed by atoms with E-state index in [2.05, 4.69) is 53.8 Å². The van der Waals surface area contributed by atoms with E-state index in [1.807, 2.05) is 20.8 Å². The number of ketones is 1. The number of carboxylic acid groups (broad SMARTS) is 1. The lowest BCUT2D eigenvalue weighted by atomic mass is 9.33. The van der Waals surface area contributed by atoms with Crippen LogP contribution in [0, 0.1) is 81.8 Å². The summed E-state index contributed by atoms with van der Waals surface area (Å²) >= 11 is 0. The van der Waals surface area contributed by atoms with Crippen LogP contribution in [-0.2, 0) is 19.1 Å². The van der Waals surface area contributed by atoms with Gasteiger partial charge in [-0.1, -0.05) is 67.9 Å². The monoisotopic (exact) mass is 761 g/mol. The predicted octanol–water partition coefficient (Wildman–Crippen LogP) is 8.63. The number of furan rings is 1. The molecule has 1 amide bonds. The summed E-state index contributed by atoms with van der Waals surface area (Å²) < 4.78 is 12.0. The largest absolute Gasteiger partial charge is 0.481 e. The predicted molar refractivity (Wildman–Crippen MR) is 209 cm³/mol. The third kappa shape index (κ3) is 5.61. The van der Waals surface area contributed by atoms with Gasteiger partial charge in [-0.3, -0.25) is 19.2 Å². The molecule has 9 nitrogen and oxygen atoms in total. The van der Waals surface area contributed by atoms with Gasteiger partial charge in [0.05, 0.1) is 23.5 Å². The number of esters is 1. The summed E-state index contributed by atoms with van der Waals surface area (Å²) in [5, 5.41) is 24.8. The lowest BCUT2D eigenvalue weighted by Gasteiger charge is -2.72. The van der Waals surface area contributed by atoms with E-state index >= 15 is 0 Å². The number of aliphatic carboxylic acids is 1. The topological polar surface area (TPSA) is 143 Å². The Balaban J connectivity index is 1.14. The van der Waals surface area contributed by atoms with Gasteiger partial charge in [-0.25, -0.2) is 0 Å². The second-order valence-corrected chi connectivity index (χ2v) is 21.2. The average Bonchev–Trinajstić information content (AvgIpc) is 3.59. The Bertz CT molecular complexity index is 1820. The van der Waals surface area contributed by atoms with Crippen molar-refractivity contribution >= 4 is 23.6 Å². The lowest BCUT2D eigenvalue weighted by Crippen LogP contribution is -2.66. The van der Waals surface area contributed by atoms with Crippen LogP contribution in [0.3, 0.4) is 0 Å². The molecule has 0 aromatic carbocycles. The van der Waals surface area contributed by atoms with Crippen LogP contribution in [0.5, 0.6) is 0 Å². The van der Waals surface area contributed by atoms with Crippen molar-refractivity contribution in [1.82, 2.24) is 5.32 Å². The maximum atomic E-state index is 14.1. The molecule has 5 fully saturated rings. The number of nitrogens with one attached hydrogen (secondary N) is 1. The number of rotatable bonds is 8. The molecule has 304 valence electrons. The number of aryl methyl sites for hydroxylation is 2. The molecule has 0 spiro atoms. The molecule has 0 unspecified atom stereocenters. The van der Waals surface area contributed by atoms with Gasteiger partial charge in [-0.05, 0) is 129 Å². The number of fused-ring (bicyclic) bond motifs is 7. The third-order valence-corrected chi connectivity index (χ3v) is 17.9. The summed E-state index contributed by atoms with van der Waals surface area (Å²) in [6.45, 7) is 23.8. The van der Waals surface area contributed by atoms with Crippen LogP contribution in [-0.4, -0.2) is 52.6 Å². The molecule has 11 atom stereocenters. The first-order valence-corrected chi connectivity index (χ1v) is 21.2. The van der Waals surface area contributed by atoms with Gasteiger partial charge in [0.15, 0.2) is 5.78 Å². The average molecular weight is 762 g/mol. The quantitative estimate of drug-likeness (QED) is 0.224. The van der Waals surface area contributed by atoms with Crippen molar-refractivity contribution in [1.29, 1.82) is 0 Å². The fourth-order valence-corrected chi connectivity index (χ4v) is 14.6. The summed E-state index contributed by atoms with van der Waals surface area (Å²) in [5.41, 5.74) is 0.993.